The summed E-state index contributed by atoms with van der Waals surface area (Å²) in [5.41, 5.74) is 1.10. The number of benzene rings is 1. The summed E-state index contributed by atoms with van der Waals surface area (Å²) in [5.74, 6) is -1.19. The van der Waals surface area contributed by atoms with E-state index in [1.807, 2.05) is 44.2 Å². The Labute approximate surface area is 182 Å². The number of carboxylic acids is 1. The van der Waals surface area contributed by atoms with E-state index in [2.05, 4.69) is 5.32 Å². The van der Waals surface area contributed by atoms with Gasteiger partial charge in [-0.05, 0) is 24.8 Å². The van der Waals surface area contributed by atoms with Crippen LogP contribution in [-0.2, 0) is 25.5 Å². The maximum Gasteiger partial charge on any atom is 0.323 e. The third kappa shape index (κ3) is 7.99. The summed E-state index contributed by atoms with van der Waals surface area (Å²) in [6.07, 6.45) is 2.89. The predicted octanol–water partition coefficient (Wildman–Crippen LogP) is 2.34. The molecule has 1 aromatic carbocycles. The summed E-state index contributed by atoms with van der Waals surface area (Å²) in [6, 6.07) is 8.60. The normalized spacial score (nSPS) is 20.5. The smallest absolute Gasteiger partial charge is 0.323 e. The van der Waals surface area contributed by atoms with E-state index in [4.69, 9.17) is 9.84 Å². The number of esters is 1. The van der Waals surface area contributed by atoms with Gasteiger partial charge >= 0.3 is 11.9 Å². The van der Waals surface area contributed by atoms with Gasteiger partial charge in [-0.3, -0.25) is 19.7 Å². The maximum atomic E-state index is 13.0. The molecule has 0 radical (unpaired) electrons. The van der Waals surface area contributed by atoms with Gasteiger partial charge < -0.3 is 14.7 Å². The van der Waals surface area contributed by atoms with Crippen LogP contribution in [0.25, 0.3) is 0 Å². The van der Waals surface area contributed by atoms with E-state index >= 15 is 0 Å². The molecule has 1 fully saturated rings. The Morgan fingerprint density at radius 3 is 2.73 bits per heavy atom. The van der Waals surface area contributed by atoms with Crippen molar-refractivity contribution in [2.75, 3.05) is 25.4 Å². The Hall–Kier alpha value is -2.06. The SMILES string of the molecule is CCCCOC(=O)C(CCc1ccccc1)NC1CSC(C)CN(CC(=O)O)C1=O. The number of rotatable bonds is 11. The van der Waals surface area contributed by atoms with Crippen molar-refractivity contribution in [3.8, 4) is 0 Å². The van der Waals surface area contributed by atoms with Gasteiger partial charge in [-0.25, -0.2) is 0 Å². The molecule has 3 atom stereocenters. The van der Waals surface area contributed by atoms with Crippen molar-refractivity contribution in [1.82, 2.24) is 10.2 Å². The third-order valence-electron chi connectivity index (χ3n) is 4.95. The highest BCUT2D eigenvalue weighted by atomic mass is 32.2. The molecule has 1 aliphatic rings. The summed E-state index contributed by atoms with van der Waals surface area (Å²) < 4.78 is 5.43. The van der Waals surface area contributed by atoms with E-state index in [9.17, 15) is 14.4 Å². The fourth-order valence-electron chi connectivity index (χ4n) is 3.32. The van der Waals surface area contributed by atoms with E-state index in [1.165, 1.54) is 4.90 Å². The quantitative estimate of drug-likeness (QED) is 0.406. The predicted molar refractivity (Wildman–Crippen MR) is 117 cm³/mol. The van der Waals surface area contributed by atoms with Crippen molar-refractivity contribution < 1.29 is 24.2 Å². The van der Waals surface area contributed by atoms with Crippen molar-refractivity contribution in [2.24, 2.45) is 0 Å². The van der Waals surface area contributed by atoms with Gasteiger partial charge in [0.15, 0.2) is 0 Å². The topological polar surface area (TPSA) is 95.9 Å². The molecule has 30 heavy (non-hydrogen) atoms. The molecule has 1 aliphatic heterocycles. The van der Waals surface area contributed by atoms with Gasteiger partial charge in [0, 0.05) is 17.5 Å². The zero-order chi connectivity index (χ0) is 21.9. The Bertz CT molecular complexity index is 700. The van der Waals surface area contributed by atoms with Crippen LogP contribution in [0.2, 0.25) is 0 Å². The fourth-order valence-corrected chi connectivity index (χ4v) is 4.36. The van der Waals surface area contributed by atoms with Crippen LogP contribution in [0.3, 0.4) is 0 Å². The number of unbranched alkanes of at least 4 members (excludes halogenated alkanes) is 1. The van der Waals surface area contributed by atoms with Crippen LogP contribution in [-0.4, -0.2) is 70.6 Å². The lowest BCUT2D eigenvalue weighted by atomic mass is 10.0. The second-order valence-electron chi connectivity index (χ2n) is 7.57. The van der Waals surface area contributed by atoms with E-state index in [0.717, 1.165) is 18.4 Å². The van der Waals surface area contributed by atoms with Crippen LogP contribution >= 0.6 is 11.8 Å². The molecule has 1 heterocycles. The molecule has 1 amide bonds. The van der Waals surface area contributed by atoms with Crippen molar-refractivity contribution >= 4 is 29.6 Å². The summed E-state index contributed by atoms with van der Waals surface area (Å²) in [6.45, 7) is 4.40. The monoisotopic (exact) mass is 436 g/mol. The molecule has 0 aromatic heterocycles. The molecule has 0 bridgehead atoms. The second kappa shape index (κ2) is 12.6. The Balaban J connectivity index is 2.09. The number of aryl methyl sites for hydroxylation is 1. The number of thioether (sulfide) groups is 1. The lowest BCUT2D eigenvalue weighted by Crippen LogP contribution is -2.53. The molecule has 0 aliphatic carbocycles. The highest BCUT2D eigenvalue weighted by molar-refractivity contribution is 8.00. The Morgan fingerprint density at radius 1 is 1.33 bits per heavy atom. The lowest BCUT2D eigenvalue weighted by molar-refractivity contribution is -0.148. The van der Waals surface area contributed by atoms with Crippen molar-refractivity contribution in [2.45, 2.75) is 56.9 Å². The van der Waals surface area contributed by atoms with Gasteiger partial charge in [-0.2, -0.15) is 11.8 Å². The number of carboxylic acid groups (broad SMARTS) is 1. The number of carbonyl (C=O) groups is 3. The highest BCUT2D eigenvalue weighted by Crippen LogP contribution is 2.20. The molecule has 0 spiro atoms. The van der Waals surface area contributed by atoms with Crippen molar-refractivity contribution in [1.29, 1.82) is 0 Å². The summed E-state index contributed by atoms with van der Waals surface area (Å²) in [5, 5.41) is 12.5. The molecule has 7 nitrogen and oxygen atoms in total. The van der Waals surface area contributed by atoms with Crippen LogP contribution in [0, 0.1) is 0 Å². The van der Waals surface area contributed by atoms with E-state index in [-0.39, 0.29) is 23.7 Å². The van der Waals surface area contributed by atoms with E-state index in [1.54, 1.807) is 11.8 Å². The summed E-state index contributed by atoms with van der Waals surface area (Å²) in [7, 11) is 0. The van der Waals surface area contributed by atoms with Gasteiger partial charge in [-0.1, -0.05) is 50.6 Å². The standard InChI is InChI=1S/C22H32N2O5S/c1-3-4-12-29-22(28)18(11-10-17-8-6-5-7-9-17)23-19-15-30-16(2)13-24(21(19)27)14-20(25)26/h5-9,16,18-19,23H,3-4,10-15H2,1-2H3,(H,25,26). The van der Waals surface area contributed by atoms with Crippen LogP contribution in [0.5, 0.6) is 0 Å². The number of ether oxygens (including phenoxy) is 1. The first-order chi connectivity index (χ1) is 14.4. The largest absolute Gasteiger partial charge is 0.480 e. The summed E-state index contributed by atoms with van der Waals surface area (Å²) in [4.78, 5) is 38.2. The second-order valence-corrected chi connectivity index (χ2v) is 9.05. The first kappa shape index (κ1) is 24.2. The van der Waals surface area contributed by atoms with Crippen LogP contribution in [0.4, 0.5) is 0 Å². The number of carbonyl (C=O) groups excluding carboxylic acids is 2. The minimum atomic E-state index is -1.04. The molecular formula is C22H32N2O5S. The summed E-state index contributed by atoms with van der Waals surface area (Å²) >= 11 is 1.60. The van der Waals surface area contributed by atoms with Gasteiger partial charge in [0.25, 0.3) is 0 Å². The minimum Gasteiger partial charge on any atom is -0.480 e. The number of nitrogens with one attached hydrogen (secondary N) is 1. The molecule has 0 saturated carbocycles. The molecule has 8 heteroatoms. The molecular weight excluding hydrogens is 404 g/mol. The minimum absolute atomic E-state index is 0.124. The zero-order valence-electron chi connectivity index (χ0n) is 17.7. The Kier molecular flexibility index (Phi) is 10.2. The van der Waals surface area contributed by atoms with Crippen molar-refractivity contribution in [3.05, 3.63) is 35.9 Å². The average Bonchev–Trinajstić information content (AvgIpc) is 2.84. The Morgan fingerprint density at radius 2 is 2.07 bits per heavy atom. The van der Waals surface area contributed by atoms with E-state index in [0.29, 0.717) is 31.7 Å². The lowest BCUT2D eigenvalue weighted by Gasteiger charge is -2.26. The molecule has 3 unspecified atom stereocenters. The third-order valence-corrected chi connectivity index (χ3v) is 6.20. The number of hydrogen-bond donors (Lipinski definition) is 2. The average molecular weight is 437 g/mol. The maximum absolute atomic E-state index is 13.0. The fraction of sp³-hybridized carbons (Fsp3) is 0.591. The van der Waals surface area contributed by atoms with Gasteiger partial charge in [0.2, 0.25) is 5.91 Å². The first-order valence-electron chi connectivity index (χ1n) is 10.5. The molecule has 2 rings (SSSR count). The van der Waals surface area contributed by atoms with Crippen LogP contribution < -0.4 is 5.32 Å². The van der Waals surface area contributed by atoms with Gasteiger partial charge in [0.05, 0.1) is 12.6 Å². The number of hydrogen-bond acceptors (Lipinski definition) is 6. The highest BCUT2D eigenvalue weighted by Gasteiger charge is 2.34. The molecule has 2 N–H and O–H groups in total. The van der Waals surface area contributed by atoms with Gasteiger partial charge in [-0.15, -0.1) is 0 Å². The number of nitrogens with zero attached hydrogens (tertiary/aromatic N) is 1. The molecule has 166 valence electrons. The zero-order valence-corrected chi connectivity index (χ0v) is 18.5. The molecule has 1 saturated heterocycles. The number of aliphatic carboxylic acids is 1. The first-order valence-corrected chi connectivity index (χ1v) is 11.5. The van der Waals surface area contributed by atoms with Gasteiger partial charge in [0.1, 0.15) is 12.6 Å². The van der Waals surface area contributed by atoms with Crippen LogP contribution in [0.15, 0.2) is 30.3 Å². The van der Waals surface area contributed by atoms with Crippen LogP contribution in [0.1, 0.15) is 38.7 Å². The van der Waals surface area contributed by atoms with Crippen molar-refractivity contribution in [3.63, 3.8) is 0 Å². The molecule has 1 aromatic rings. The number of amides is 1. The van der Waals surface area contributed by atoms with E-state index < -0.39 is 18.1 Å².